The Morgan fingerprint density at radius 3 is 1.78 bits per heavy atom. The predicted molar refractivity (Wildman–Crippen MR) is 112 cm³/mol. The maximum atomic E-state index is 10.4. The van der Waals surface area contributed by atoms with Gasteiger partial charge < -0.3 is 9.84 Å². The molecule has 0 aromatic carbocycles. The van der Waals surface area contributed by atoms with E-state index < -0.39 is 5.97 Å². The van der Waals surface area contributed by atoms with Crippen LogP contribution in [0.5, 0.6) is 0 Å². The number of esters is 1. The number of carboxylic acid groups (broad SMARTS) is 1. The zero-order chi connectivity index (χ0) is 20.2. The van der Waals surface area contributed by atoms with E-state index in [1.807, 2.05) is 0 Å². The summed E-state index contributed by atoms with van der Waals surface area (Å²) in [5.74, 6) is 0.0813. The summed E-state index contributed by atoms with van der Waals surface area (Å²) in [5, 5.41) is 8.54. The van der Waals surface area contributed by atoms with E-state index >= 15 is 0 Å². The van der Waals surface area contributed by atoms with Crippen LogP contribution in [-0.4, -0.2) is 17.0 Å². The highest BCUT2D eigenvalue weighted by atomic mass is 16.5. The molecule has 1 N–H and O–H groups in total. The molecule has 1 aliphatic rings. The first-order chi connectivity index (χ1) is 13.1. The number of aliphatic carboxylic acids is 1. The van der Waals surface area contributed by atoms with Crippen LogP contribution in [0.3, 0.4) is 0 Å². The Morgan fingerprint density at radius 2 is 1.37 bits per heavy atom. The van der Waals surface area contributed by atoms with Gasteiger partial charge in [0.1, 0.15) is 0 Å². The molecule has 1 saturated carbocycles. The minimum Gasteiger partial charge on any atom is -0.481 e. The van der Waals surface area contributed by atoms with Gasteiger partial charge in [-0.25, -0.2) is 0 Å². The Bertz CT molecular complexity index is 373. The normalized spacial score (nSPS) is 14.1. The van der Waals surface area contributed by atoms with E-state index in [1.54, 1.807) is 0 Å². The fraction of sp³-hybridized carbons (Fsp3) is 0.826. The Hall–Kier alpha value is -1.32. The van der Waals surface area contributed by atoms with Crippen molar-refractivity contribution in [2.24, 2.45) is 5.92 Å². The molecule has 1 fully saturated rings. The Labute approximate surface area is 166 Å². The van der Waals surface area contributed by atoms with Crippen molar-refractivity contribution in [1.82, 2.24) is 0 Å². The summed E-state index contributed by atoms with van der Waals surface area (Å²) in [6, 6.07) is 0. The number of carbonyl (C=O) groups excluding carboxylic acids is 1. The van der Waals surface area contributed by atoms with Crippen LogP contribution in [0.2, 0.25) is 0 Å². The van der Waals surface area contributed by atoms with Crippen molar-refractivity contribution in [3.05, 3.63) is 12.8 Å². The maximum Gasteiger partial charge on any atom is 0.307 e. The van der Waals surface area contributed by atoms with Crippen LogP contribution in [0.4, 0.5) is 0 Å². The minimum atomic E-state index is -0.650. The molecule has 0 aromatic heterocycles. The van der Waals surface area contributed by atoms with E-state index in [9.17, 15) is 9.59 Å². The van der Waals surface area contributed by atoms with Crippen LogP contribution in [-0.2, 0) is 14.3 Å². The molecule has 4 nitrogen and oxygen atoms in total. The molecule has 0 bridgehead atoms. The van der Waals surface area contributed by atoms with E-state index in [0.717, 1.165) is 25.0 Å². The van der Waals surface area contributed by atoms with Gasteiger partial charge in [-0.15, -0.1) is 0 Å². The zero-order valence-corrected chi connectivity index (χ0v) is 17.6. The predicted octanol–water partition coefficient (Wildman–Crippen LogP) is 7.03. The van der Waals surface area contributed by atoms with Crippen molar-refractivity contribution >= 4 is 11.9 Å². The van der Waals surface area contributed by atoms with Gasteiger partial charge in [0.2, 0.25) is 0 Å². The molecule has 0 aromatic rings. The molecule has 0 heterocycles. The van der Waals surface area contributed by atoms with Crippen molar-refractivity contribution in [2.75, 3.05) is 0 Å². The number of rotatable bonds is 14. The van der Waals surface area contributed by atoms with Gasteiger partial charge >= 0.3 is 11.9 Å². The van der Waals surface area contributed by atoms with Gasteiger partial charge in [-0.3, -0.25) is 9.59 Å². The van der Waals surface area contributed by atoms with Crippen molar-refractivity contribution < 1.29 is 19.4 Å². The molecular formula is C23H42O4. The highest BCUT2D eigenvalue weighted by molar-refractivity contribution is 5.66. The second-order valence-corrected chi connectivity index (χ2v) is 7.75. The number of unbranched alkanes of at least 4 members (excludes halogenated alkanes) is 9. The average Bonchev–Trinajstić information content (AvgIpc) is 2.63. The second-order valence-electron chi connectivity index (χ2n) is 7.75. The lowest BCUT2D eigenvalue weighted by Crippen LogP contribution is -2.05. The van der Waals surface area contributed by atoms with Gasteiger partial charge in [0.25, 0.3) is 0 Å². The van der Waals surface area contributed by atoms with Crippen LogP contribution < -0.4 is 0 Å². The third-order valence-electron chi connectivity index (χ3n) is 5.23. The lowest BCUT2D eigenvalue weighted by molar-refractivity contribution is -0.137. The zero-order valence-electron chi connectivity index (χ0n) is 17.6. The smallest absolute Gasteiger partial charge is 0.307 e. The van der Waals surface area contributed by atoms with Gasteiger partial charge in [0.15, 0.2) is 0 Å². The van der Waals surface area contributed by atoms with E-state index in [2.05, 4.69) is 11.3 Å². The molecule has 0 amide bonds. The van der Waals surface area contributed by atoms with E-state index in [0.29, 0.717) is 6.42 Å². The topological polar surface area (TPSA) is 63.6 Å². The van der Waals surface area contributed by atoms with Crippen molar-refractivity contribution in [1.29, 1.82) is 0 Å². The van der Waals surface area contributed by atoms with Gasteiger partial charge in [-0.2, -0.15) is 0 Å². The first-order valence-corrected chi connectivity index (χ1v) is 11.1. The van der Waals surface area contributed by atoms with Gasteiger partial charge in [0.05, 0.1) is 6.26 Å². The fourth-order valence-corrected chi connectivity index (χ4v) is 3.72. The molecule has 0 spiro atoms. The van der Waals surface area contributed by atoms with Crippen molar-refractivity contribution in [3.8, 4) is 0 Å². The van der Waals surface area contributed by atoms with Crippen molar-refractivity contribution in [2.45, 2.75) is 116 Å². The molecule has 158 valence electrons. The third kappa shape index (κ3) is 20.8. The summed E-state index contributed by atoms with van der Waals surface area (Å²) in [4.78, 5) is 20.1. The van der Waals surface area contributed by atoms with Crippen LogP contribution >= 0.6 is 0 Å². The number of carboxylic acids is 1. The van der Waals surface area contributed by atoms with Crippen LogP contribution in [0.25, 0.3) is 0 Å². The monoisotopic (exact) mass is 382 g/mol. The van der Waals surface area contributed by atoms with Crippen molar-refractivity contribution in [3.63, 3.8) is 0 Å². The fourth-order valence-electron chi connectivity index (χ4n) is 3.72. The summed E-state index contributed by atoms with van der Waals surface area (Å²) in [5.41, 5.74) is 0. The van der Waals surface area contributed by atoms with E-state index in [1.165, 1.54) is 96.8 Å². The summed E-state index contributed by atoms with van der Waals surface area (Å²) in [7, 11) is 0. The SMILES string of the molecule is C=COC(C)=O.O=C(O)CCCCCCCCCCCCC1CCCCC1. The van der Waals surface area contributed by atoms with Crippen LogP contribution in [0, 0.1) is 5.92 Å². The number of hydrogen-bond acceptors (Lipinski definition) is 3. The molecule has 1 aliphatic carbocycles. The summed E-state index contributed by atoms with van der Waals surface area (Å²) >= 11 is 0. The van der Waals surface area contributed by atoms with Gasteiger partial charge in [-0.05, 0) is 12.3 Å². The van der Waals surface area contributed by atoms with Crippen LogP contribution in [0.1, 0.15) is 116 Å². The Morgan fingerprint density at radius 1 is 0.889 bits per heavy atom. The second kappa shape index (κ2) is 19.4. The average molecular weight is 383 g/mol. The van der Waals surface area contributed by atoms with Gasteiger partial charge in [0, 0.05) is 13.3 Å². The molecule has 4 heteroatoms. The van der Waals surface area contributed by atoms with Gasteiger partial charge in [-0.1, -0.05) is 103 Å². The molecule has 0 saturated heterocycles. The maximum absolute atomic E-state index is 10.4. The quantitative estimate of drug-likeness (QED) is 0.199. The first-order valence-electron chi connectivity index (χ1n) is 11.1. The largest absolute Gasteiger partial charge is 0.481 e. The standard InChI is InChI=1S/C19H36O2.C4H6O2/c20-19(21)17-13-8-6-4-2-1-3-5-7-10-14-18-15-11-9-12-16-18;1-3-6-4(2)5/h18H,1-17H2,(H,20,21);3H,1H2,2H3. The summed E-state index contributed by atoms with van der Waals surface area (Å²) < 4.78 is 4.17. The number of hydrogen-bond donors (Lipinski definition) is 1. The molecule has 0 atom stereocenters. The molecule has 27 heavy (non-hydrogen) atoms. The summed E-state index contributed by atoms with van der Waals surface area (Å²) in [6.07, 6.45) is 23.3. The lowest BCUT2D eigenvalue weighted by atomic mass is 9.85. The lowest BCUT2D eigenvalue weighted by Gasteiger charge is -2.21. The van der Waals surface area contributed by atoms with Crippen LogP contribution in [0.15, 0.2) is 12.8 Å². The molecular weight excluding hydrogens is 340 g/mol. The Kier molecular flexibility index (Phi) is 18.5. The first kappa shape index (κ1) is 25.7. The molecule has 1 rings (SSSR count). The highest BCUT2D eigenvalue weighted by Gasteiger charge is 2.12. The van der Waals surface area contributed by atoms with E-state index in [-0.39, 0.29) is 5.97 Å². The highest BCUT2D eigenvalue weighted by Crippen LogP contribution is 2.28. The third-order valence-corrected chi connectivity index (χ3v) is 5.23. The molecule has 0 unspecified atom stereocenters. The number of carbonyl (C=O) groups is 2. The van der Waals surface area contributed by atoms with E-state index in [4.69, 9.17) is 5.11 Å². The molecule has 0 radical (unpaired) electrons. The minimum absolute atomic E-state index is 0.329. The number of ether oxygens (including phenoxy) is 1. The Balaban J connectivity index is 0.000000972. The summed E-state index contributed by atoms with van der Waals surface area (Å²) in [6.45, 7) is 4.48. The molecule has 0 aliphatic heterocycles.